The summed E-state index contributed by atoms with van der Waals surface area (Å²) in [5, 5.41) is 6.37. The summed E-state index contributed by atoms with van der Waals surface area (Å²) in [4.78, 5) is 14.0. The first kappa shape index (κ1) is 14.5. The van der Waals surface area contributed by atoms with Crippen molar-refractivity contribution in [1.29, 1.82) is 0 Å². The smallest absolute Gasteiger partial charge is 0.234 e. The Morgan fingerprint density at radius 1 is 1.24 bits per heavy atom. The minimum absolute atomic E-state index is 0.170. The third-order valence-electron chi connectivity index (χ3n) is 3.16. The van der Waals surface area contributed by atoms with Crippen LogP contribution in [-0.2, 0) is 4.79 Å². The normalized spacial score (nSPS) is 19.3. The zero-order chi connectivity index (χ0) is 12.7. The molecule has 2 N–H and O–H groups in total. The Morgan fingerprint density at radius 3 is 2.47 bits per heavy atom. The molecule has 0 bridgehead atoms. The van der Waals surface area contributed by atoms with Crippen molar-refractivity contribution in [1.82, 2.24) is 15.5 Å². The van der Waals surface area contributed by atoms with Gasteiger partial charge in [0, 0.05) is 32.2 Å². The van der Waals surface area contributed by atoms with Gasteiger partial charge in [-0.3, -0.25) is 9.69 Å². The van der Waals surface area contributed by atoms with Gasteiger partial charge in [-0.2, -0.15) is 0 Å². The Kier molecular flexibility index (Phi) is 6.52. The van der Waals surface area contributed by atoms with Crippen molar-refractivity contribution in [2.24, 2.45) is 5.92 Å². The van der Waals surface area contributed by atoms with Gasteiger partial charge in [0.25, 0.3) is 0 Å². The molecule has 4 heteroatoms. The molecule has 17 heavy (non-hydrogen) atoms. The van der Waals surface area contributed by atoms with E-state index in [2.05, 4.69) is 36.3 Å². The molecule has 0 saturated carbocycles. The van der Waals surface area contributed by atoms with Gasteiger partial charge in [-0.15, -0.1) is 0 Å². The lowest BCUT2D eigenvalue weighted by atomic mass is 10.0. The standard InChI is InChI=1S/C13H27N3O/c1-11(2)4-5-12(3)15-13(17)10-16-8-6-14-7-9-16/h11-12,14H,4-10H2,1-3H3,(H,15,17). The van der Waals surface area contributed by atoms with Crippen LogP contribution in [0.15, 0.2) is 0 Å². The molecular weight excluding hydrogens is 214 g/mol. The largest absolute Gasteiger partial charge is 0.353 e. The van der Waals surface area contributed by atoms with E-state index >= 15 is 0 Å². The molecule has 0 aliphatic carbocycles. The summed E-state index contributed by atoms with van der Waals surface area (Å²) in [6.45, 7) is 11.0. The summed E-state index contributed by atoms with van der Waals surface area (Å²) < 4.78 is 0. The van der Waals surface area contributed by atoms with Crippen LogP contribution in [0.25, 0.3) is 0 Å². The Labute approximate surface area is 105 Å². The van der Waals surface area contributed by atoms with Gasteiger partial charge in [0.05, 0.1) is 6.54 Å². The minimum Gasteiger partial charge on any atom is -0.353 e. The van der Waals surface area contributed by atoms with Crippen LogP contribution in [0, 0.1) is 5.92 Å². The first-order valence-electron chi connectivity index (χ1n) is 6.80. The number of hydrogen-bond donors (Lipinski definition) is 2. The van der Waals surface area contributed by atoms with E-state index in [9.17, 15) is 4.79 Å². The minimum atomic E-state index is 0.170. The van der Waals surface area contributed by atoms with E-state index in [1.165, 1.54) is 6.42 Å². The summed E-state index contributed by atoms with van der Waals surface area (Å²) in [6, 6.07) is 0.299. The van der Waals surface area contributed by atoms with Gasteiger partial charge in [-0.05, 0) is 25.7 Å². The van der Waals surface area contributed by atoms with E-state index in [4.69, 9.17) is 0 Å². The van der Waals surface area contributed by atoms with E-state index in [1.54, 1.807) is 0 Å². The van der Waals surface area contributed by atoms with Gasteiger partial charge in [-0.1, -0.05) is 13.8 Å². The van der Waals surface area contributed by atoms with Crippen molar-refractivity contribution < 1.29 is 4.79 Å². The maximum atomic E-state index is 11.8. The molecule has 1 rings (SSSR count). The second-order valence-electron chi connectivity index (χ2n) is 5.47. The molecule has 0 spiro atoms. The first-order chi connectivity index (χ1) is 8.08. The van der Waals surface area contributed by atoms with E-state index in [0.717, 1.165) is 32.6 Å². The number of nitrogens with one attached hydrogen (secondary N) is 2. The monoisotopic (exact) mass is 241 g/mol. The fourth-order valence-corrected chi connectivity index (χ4v) is 2.05. The molecule has 1 saturated heterocycles. The predicted octanol–water partition coefficient (Wildman–Crippen LogP) is 0.833. The number of hydrogen-bond acceptors (Lipinski definition) is 3. The Balaban J connectivity index is 2.14. The zero-order valence-corrected chi connectivity index (χ0v) is 11.5. The molecule has 1 fully saturated rings. The molecule has 0 aromatic rings. The van der Waals surface area contributed by atoms with Gasteiger partial charge >= 0.3 is 0 Å². The maximum Gasteiger partial charge on any atom is 0.234 e. The van der Waals surface area contributed by atoms with Crippen LogP contribution >= 0.6 is 0 Å². The average molecular weight is 241 g/mol. The van der Waals surface area contributed by atoms with E-state index in [-0.39, 0.29) is 5.91 Å². The second-order valence-corrected chi connectivity index (χ2v) is 5.47. The van der Waals surface area contributed by atoms with Crippen LogP contribution in [0.2, 0.25) is 0 Å². The predicted molar refractivity (Wildman–Crippen MR) is 71.0 cm³/mol. The van der Waals surface area contributed by atoms with Crippen LogP contribution < -0.4 is 10.6 Å². The van der Waals surface area contributed by atoms with Gasteiger partial charge in [-0.25, -0.2) is 0 Å². The van der Waals surface area contributed by atoms with Crippen molar-refractivity contribution in [2.75, 3.05) is 32.7 Å². The van der Waals surface area contributed by atoms with Crippen LogP contribution in [-0.4, -0.2) is 49.6 Å². The van der Waals surface area contributed by atoms with Crippen molar-refractivity contribution in [3.05, 3.63) is 0 Å². The van der Waals surface area contributed by atoms with Crippen LogP contribution in [0.4, 0.5) is 0 Å². The van der Waals surface area contributed by atoms with Crippen LogP contribution in [0.1, 0.15) is 33.6 Å². The van der Waals surface area contributed by atoms with E-state index in [1.807, 2.05) is 0 Å². The van der Waals surface area contributed by atoms with Gasteiger partial charge in [0.2, 0.25) is 5.91 Å². The molecule has 0 aromatic carbocycles. The molecule has 4 nitrogen and oxygen atoms in total. The van der Waals surface area contributed by atoms with Crippen molar-refractivity contribution >= 4 is 5.91 Å². The van der Waals surface area contributed by atoms with Crippen molar-refractivity contribution in [2.45, 2.75) is 39.7 Å². The van der Waals surface area contributed by atoms with Gasteiger partial charge in [0.1, 0.15) is 0 Å². The molecular formula is C13H27N3O. The third-order valence-corrected chi connectivity index (χ3v) is 3.16. The van der Waals surface area contributed by atoms with Crippen molar-refractivity contribution in [3.63, 3.8) is 0 Å². The van der Waals surface area contributed by atoms with Crippen molar-refractivity contribution in [3.8, 4) is 0 Å². The topological polar surface area (TPSA) is 44.4 Å². The summed E-state index contributed by atoms with van der Waals surface area (Å²) >= 11 is 0. The fraction of sp³-hybridized carbons (Fsp3) is 0.923. The number of piperazine rings is 1. The zero-order valence-electron chi connectivity index (χ0n) is 11.5. The molecule has 1 aliphatic rings. The molecule has 1 unspecified atom stereocenters. The highest BCUT2D eigenvalue weighted by atomic mass is 16.2. The number of nitrogens with zero attached hydrogens (tertiary/aromatic N) is 1. The summed E-state index contributed by atoms with van der Waals surface area (Å²) in [7, 11) is 0. The number of rotatable bonds is 6. The molecule has 0 radical (unpaired) electrons. The fourth-order valence-electron chi connectivity index (χ4n) is 2.05. The summed E-state index contributed by atoms with van der Waals surface area (Å²) in [5.74, 6) is 0.880. The second kappa shape index (κ2) is 7.67. The quantitative estimate of drug-likeness (QED) is 0.724. The average Bonchev–Trinajstić information content (AvgIpc) is 2.27. The lowest BCUT2D eigenvalue weighted by Gasteiger charge is -2.27. The molecule has 1 amide bonds. The highest BCUT2D eigenvalue weighted by Gasteiger charge is 2.14. The third kappa shape index (κ3) is 6.64. The SMILES string of the molecule is CC(C)CCC(C)NC(=O)CN1CCNCC1. The summed E-state index contributed by atoms with van der Waals surface area (Å²) in [5.41, 5.74) is 0. The molecule has 1 aliphatic heterocycles. The van der Waals surface area contributed by atoms with Gasteiger partial charge < -0.3 is 10.6 Å². The number of amides is 1. The maximum absolute atomic E-state index is 11.8. The van der Waals surface area contributed by atoms with Crippen LogP contribution in [0.5, 0.6) is 0 Å². The van der Waals surface area contributed by atoms with Crippen LogP contribution in [0.3, 0.4) is 0 Å². The lowest BCUT2D eigenvalue weighted by Crippen LogP contribution is -2.48. The summed E-state index contributed by atoms with van der Waals surface area (Å²) in [6.07, 6.45) is 2.25. The Bertz CT molecular complexity index is 225. The molecule has 100 valence electrons. The molecule has 0 aromatic heterocycles. The number of carbonyl (C=O) groups is 1. The Hall–Kier alpha value is -0.610. The van der Waals surface area contributed by atoms with E-state index in [0.29, 0.717) is 18.5 Å². The van der Waals surface area contributed by atoms with E-state index < -0.39 is 0 Å². The first-order valence-corrected chi connectivity index (χ1v) is 6.80. The highest BCUT2D eigenvalue weighted by Crippen LogP contribution is 2.06. The highest BCUT2D eigenvalue weighted by molar-refractivity contribution is 5.78. The van der Waals surface area contributed by atoms with Gasteiger partial charge in [0.15, 0.2) is 0 Å². The number of carbonyl (C=O) groups excluding carboxylic acids is 1. The lowest BCUT2D eigenvalue weighted by molar-refractivity contribution is -0.123. The Morgan fingerprint density at radius 2 is 1.88 bits per heavy atom. The molecule has 1 heterocycles. The molecule has 1 atom stereocenters.